The van der Waals surface area contributed by atoms with Crippen LogP contribution in [0.15, 0.2) is 35.3 Å². The summed E-state index contributed by atoms with van der Waals surface area (Å²) in [6, 6.07) is 10.7. The minimum atomic E-state index is 0.591. The summed E-state index contributed by atoms with van der Waals surface area (Å²) in [4.78, 5) is 9.74. The van der Waals surface area contributed by atoms with Gasteiger partial charge >= 0.3 is 0 Å². The maximum absolute atomic E-state index is 5.79. The molecule has 3 rings (SSSR count). The summed E-state index contributed by atoms with van der Waals surface area (Å²) in [6.45, 7) is 12.4. The van der Waals surface area contributed by atoms with E-state index in [1.807, 2.05) is 0 Å². The summed E-state index contributed by atoms with van der Waals surface area (Å²) in [5, 5.41) is 3.45. The molecule has 6 nitrogen and oxygen atoms in total. The lowest BCUT2D eigenvalue weighted by Crippen LogP contribution is -2.52. The summed E-state index contributed by atoms with van der Waals surface area (Å²) in [6.07, 6.45) is 2.11. The van der Waals surface area contributed by atoms with Gasteiger partial charge in [-0.05, 0) is 25.3 Å². The molecule has 1 unspecified atom stereocenters. The minimum absolute atomic E-state index is 0.591. The number of aliphatic imine (C=N–C) groups is 1. The van der Waals surface area contributed by atoms with Crippen LogP contribution in [0.3, 0.4) is 0 Å². The molecule has 28 heavy (non-hydrogen) atoms. The molecule has 0 spiro atoms. The van der Waals surface area contributed by atoms with E-state index in [0.717, 1.165) is 91.0 Å². The molecule has 1 N–H and O–H groups in total. The second-order valence-electron chi connectivity index (χ2n) is 7.64. The van der Waals surface area contributed by atoms with Crippen molar-refractivity contribution in [2.24, 2.45) is 10.9 Å². The maximum atomic E-state index is 5.79. The Morgan fingerprint density at radius 2 is 2.04 bits per heavy atom. The Morgan fingerprint density at radius 3 is 2.75 bits per heavy atom. The number of piperazine rings is 1. The molecule has 2 heterocycles. The van der Waals surface area contributed by atoms with Crippen molar-refractivity contribution in [2.45, 2.75) is 26.3 Å². The van der Waals surface area contributed by atoms with Crippen LogP contribution in [0.1, 0.15) is 25.3 Å². The lowest BCUT2D eigenvalue weighted by Gasteiger charge is -2.36. The Bertz CT molecular complexity index is 567. The zero-order valence-electron chi connectivity index (χ0n) is 17.3. The van der Waals surface area contributed by atoms with Crippen LogP contribution in [0.25, 0.3) is 0 Å². The van der Waals surface area contributed by atoms with E-state index in [9.17, 15) is 0 Å². The largest absolute Gasteiger partial charge is 0.381 e. The Balaban J connectivity index is 1.35. The van der Waals surface area contributed by atoms with Crippen molar-refractivity contribution in [1.29, 1.82) is 0 Å². The van der Waals surface area contributed by atoms with E-state index < -0.39 is 0 Å². The molecular weight excluding hydrogens is 352 g/mol. The minimum Gasteiger partial charge on any atom is -0.381 e. The summed E-state index contributed by atoms with van der Waals surface area (Å²) in [5.74, 6) is 1.64. The topological polar surface area (TPSA) is 49.3 Å². The summed E-state index contributed by atoms with van der Waals surface area (Å²) in [7, 11) is 0. The molecule has 1 aromatic rings. The van der Waals surface area contributed by atoms with Crippen molar-refractivity contribution in [1.82, 2.24) is 15.1 Å². The van der Waals surface area contributed by atoms with Crippen LogP contribution in [0.2, 0.25) is 0 Å². The van der Waals surface area contributed by atoms with Crippen molar-refractivity contribution in [3.8, 4) is 0 Å². The van der Waals surface area contributed by atoms with Crippen LogP contribution in [0.5, 0.6) is 0 Å². The number of guanidine groups is 1. The SMILES string of the molecule is CCNC(=NCCCOCC1CCOC1)N1CCN(Cc2ccccc2)CC1. The molecule has 1 atom stereocenters. The van der Waals surface area contributed by atoms with E-state index in [-0.39, 0.29) is 0 Å². The molecular formula is C22H36N4O2. The third-order valence-electron chi connectivity index (χ3n) is 5.34. The number of benzene rings is 1. The highest BCUT2D eigenvalue weighted by Crippen LogP contribution is 2.12. The van der Waals surface area contributed by atoms with Crippen molar-refractivity contribution in [3.63, 3.8) is 0 Å². The molecule has 0 saturated carbocycles. The summed E-state index contributed by atoms with van der Waals surface area (Å²) in [5.41, 5.74) is 1.39. The molecule has 1 aromatic carbocycles. The van der Waals surface area contributed by atoms with Gasteiger partial charge in [-0.1, -0.05) is 30.3 Å². The standard InChI is InChI=1S/C22H36N4O2/c1-2-23-22(24-10-6-15-27-18-21-9-16-28-19-21)26-13-11-25(12-14-26)17-20-7-4-3-5-8-20/h3-5,7-8,21H,2,6,9-19H2,1H3,(H,23,24). The number of nitrogens with one attached hydrogen (secondary N) is 1. The third kappa shape index (κ3) is 7.08. The molecule has 156 valence electrons. The third-order valence-corrected chi connectivity index (χ3v) is 5.34. The number of ether oxygens (including phenoxy) is 2. The fourth-order valence-corrected chi connectivity index (χ4v) is 3.70. The van der Waals surface area contributed by atoms with Gasteiger partial charge in [-0.2, -0.15) is 0 Å². The number of hydrogen-bond donors (Lipinski definition) is 1. The van der Waals surface area contributed by atoms with Gasteiger partial charge in [-0.3, -0.25) is 9.89 Å². The van der Waals surface area contributed by atoms with E-state index in [1.165, 1.54) is 5.56 Å². The smallest absolute Gasteiger partial charge is 0.194 e. The van der Waals surface area contributed by atoms with Crippen LogP contribution in [0.4, 0.5) is 0 Å². The quantitative estimate of drug-likeness (QED) is 0.399. The van der Waals surface area contributed by atoms with Gasteiger partial charge in [0.15, 0.2) is 5.96 Å². The first-order valence-corrected chi connectivity index (χ1v) is 10.8. The molecule has 0 aromatic heterocycles. The van der Waals surface area contributed by atoms with E-state index in [0.29, 0.717) is 5.92 Å². The maximum Gasteiger partial charge on any atom is 0.194 e. The predicted octanol–water partition coefficient (Wildman–Crippen LogP) is 2.21. The second-order valence-corrected chi connectivity index (χ2v) is 7.64. The summed E-state index contributed by atoms with van der Waals surface area (Å²) < 4.78 is 11.2. The average molecular weight is 389 g/mol. The highest BCUT2D eigenvalue weighted by Gasteiger charge is 2.19. The first kappa shape index (κ1) is 21.1. The van der Waals surface area contributed by atoms with E-state index in [1.54, 1.807) is 0 Å². The van der Waals surface area contributed by atoms with Gasteiger partial charge in [0.25, 0.3) is 0 Å². The molecule has 0 bridgehead atoms. The van der Waals surface area contributed by atoms with Crippen molar-refractivity contribution < 1.29 is 9.47 Å². The lowest BCUT2D eigenvalue weighted by molar-refractivity contribution is 0.0892. The fourth-order valence-electron chi connectivity index (χ4n) is 3.70. The lowest BCUT2D eigenvalue weighted by atomic mass is 10.1. The molecule has 2 aliphatic rings. The average Bonchev–Trinajstić information content (AvgIpc) is 3.25. The monoisotopic (exact) mass is 388 g/mol. The van der Waals surface area contributed by atoms with Crippen LogP contribution >= 0.6 is 0 Å². The van der Waals surface area contributed by atoms with E-state index in [4.69, 9.17) is 14.5 Å². The van der Waals surface area contributed by atoms with Crippen molar-refractivity contribution in [2.75, 3.05) is 65.7 Å². The van der Waals surface area contributed by atoms with Crippen LogP contribution < -0.4 is 5.32 Å². The molecule has 6 heteroatoms. The van der Waals surface area contributed by atoms with Crippen molar-refractivity contribution >= 4 is 5.96 Å². The molecule has 0 aliphatic carbocycles. The predicted molar refractivity (Wildman–Crippen MR) is 114 cm³/mol. The normalized spacial score (nSPS) is 21.2. The Morgan fingerprint density at radius 1 is 1.21 bits per heavy atom. The zero-order valence-corrected chi connectivity index (χ0v) is 17.3. The molecule has 2 saturated heterocycles. The molecule has 2 fully saturated rings. The highest BCUT2D eigenvalue weighted by molar-refractivity contribution is 5.80. The van der Waals surface area contributed by atoms with E-state index in [2.05, 4.69) is 52.4 Å². The number of rotatable bonds is 9. The molecule has 0 radical (unpaired) electrons. The first-order chi connectivity index (χ1) is 13.8. The van der Waals surface area contributed by atoms with Gasteiger partial charge in [-0.25, -0.2) is 0 Å². The highest BCUT2D eigenvalue weighted by atomic mass is 16.5. The van der Waals surface area contributed by atoms with Gasteiger partial charge in [0, 0.05) is 64.9 Å². The van der Waals surface area contributed by atoms with Gasteiger partial charge < -0.3 is 19.7 Å². The van der Waals surface area contributed by atoms with Crippen molar-refractivity contribution in [3.05, 3.63) is 35.9 Å². The molecule has 0 amide bonds. The van der Waals surface area contributed by atoms with Gasteiger partial charge in [0.2, 0.25) is 0 Å². The molecule has 2 aliphatic heterocycles. The van der Waals surface area contributed by atoms with Gasteiger partial charge in [0.1, 0.15) is 0 Å². The Labute approximate surface area is 169 Å². The van der Waals surface area contributed by atoms with Crippen LogP contribution in [-0.4, -0.2) is 81.5 Å². The zero-order chi connectivity index (χ0) is 19.4. The van der Waals surface area contributed by atoms with Crippen LogP contribution in [0, 0.1) is 5.92 Å². The fraction of sp³-hybridized carbons (Fsp3) is 0.682. The Hall–Kier alpha value is -1.63. The Kier molecular flexibility index (Phi) is 9.07. The number of hydrogen-bond acceptors (Lipinski definition) is 4. The van der Waals surface area contributed by atoms with Gasteiger partial charge in [-0.15, -0.1) is 0 Å². The number of nitrogens with zero attached hydrogens (tertiary/aromatic N) is 3. The van der Waals surface area contributed by atoms with Crippen LogP contribution in [-0.2, 0) is 16.0 Å². The summed E-state index contributed by atoms with van der Waals surface area (Å²) >= 11 is 0. The van der Waals surface area contributed by atoms with E-state index >= 15 is 0 Å². The van der Waals surface area contributed by atoms with Gasteiger partial charge in [0.05, 0.1) is 13.2 Å². The first-order valence-electron chi connectivity index (χ1n) is 10.8. The second kappa shape index (κ2) is 12.0.